The number of hydrogen-bond donors (Lipinski definition) is 1. The van der Waals surface area contributed by atoms with Crippen LogP contribution >= 0.6 is 0 Å². The fraction of sp³-hybridized carbons (Fsp3) is 0.435. The van der Waals surface area contributed by atoms with Gasteiger partial charge in [-0.25, -0.2) is 0 Å². The number of aryl methyl sites for hydroxylation is 2. The Morgan fingerprint density at radius 1 is 1.00 bits per heavy atom. The first-order valence-electron chi connectivity index (χ1n) is 10.0. The van der Waals surface area contributed by atoms with Gasteiger partial charge in [0.2, 0.25) is 5.91 Å². The van der Waals surface area contributed by atoms with Gasteiger partial charge in [-0.1, -0.05) is 0 Å². The lowest BCUT2D eigenvalue weighted by Crippen LogP contribution is -2.44. The van der Waals surface area contributed by atoms with Crippen molar-refractivity contribution in [2.24, 2.45) is 0 Å². The summed E-state index contributed by atoms with van der Waals surface area (Å²) in [5.74, 6) is 1.46. The van der Waals surface area contributed by atoms with E-state index in [9.17, 15) is 4.79 Å². The number of nitrogens with one attached hydrogen (secondary N) is 1. The van der Waals surface area contributed by atoms with Crippen LogP contribution in [0.25, 0.3) is 0 Å². The largest absolute Gasteiger partial charge is 0.497 e. The summed E-state index contributed by atoms with van der Waals surface area (Å²) in [6.45, 7) is 6.33. The third-order valence-electron chi connectivity index (χ3n) is 5.38. The third kappa shape index (κ3) is 5.64. The van der Waals surface area contributed by atoms with E-state index in [1.54, 1.807) is 14.2 Å². The Labute approximate surface area is 173 Å². The van der Waals surface area contributed by atoms with E-state index in [0.29, 0.717) is 12.8 Å². The van der Waals surface area contributed by atoms with Crippen molar-refractivity contribution in [3.8, 4) is 11.5 Å². The summed E-state index contributed by atoms with van der Waals surface area (Å²) in [5, 5.41) is 3.02. The van der Waals surface area contributed by atoms with Crippen molar-refractivity contribution in [2.45, 2.75) is 19.8 Å². The Morgan fingerprint density at radius 3 is 2.24 bits per heavy atom. The highest BCUT2D eigenvalue weighted by atomic mass is 16.5. The predicted molar refractivity (Wildman–Crippen MR) is 117 cm³/mol. The molecule has 2 aromatic rings. The van der Waals surface area contributed by atoms with Crippen molar-refractivity contribution >= 4 is 17.3 Å². The van der Waals surface area contributed by atoms with E-state index in [4.69, 9.17) is 9.47 Å². The number of anilines is 2. The zero-order valence-electron chi connectivity index (χ0n) is 17.8. The first kappa shape index (κ1) is 21.0. The molecule has 1 fully saturated rings. The molecule has 0 radical (unpaired) electrons. The monoisotopic (exact) mass is 397 g/mol. The normalized spacial score (nSPS) is 14.6. The van der Waals surface area contributed by atoms with Gasteiger partial charge < -0.3 is 24.6 Å². The molecule has 3 rings (SSSR count). The van der Waals surface area contributed by atoms with Crippen LogP contribution < -0.4 is 19.7 Å². The lowest BCUT2D eigenvalue weighted by Gasteiger charge is -2.35. The Hall–Kier alpha value is -2.73. The summed E-state index contributed by atoms with van der Waals surface area (Å²) in [6.07, 6.45) is 1.02. The molecule has 0 atom stereocenters. The lowest BCUT2D eigenvalue weighted by molar-refractivity contribution is -0.116. The molecule has 0 aliphatic carbocycles. The van der Waals surface area contributed by atoms with Gasteiger partial charge in [0, 0.05) is 50.0 Å². The molecule has 0 unspecified atom stereocenters. The number of benzene rings is 2. The summed E-state index contributed by atoms with van der Waals surface area (Å²) in [6, 6.07) is 11.9. The number of methoxy groups -OCH3 is 2. The smallest absolute Gasteiger partial charge is 0.224 e. The highest BCUT2D eigenvalue weighted by Gasteiger charge is 2.16. The van der Waals surface area contributed by atoms with E-state index in [2.05, 4.69) is 41.2 Å². The predicted octanol–water partition coefficient (Wildman–Crippen LogP) is 3.34. The minimum absolute atomic E-state index is 0.00136. The molecule has 1 amide bonds. The van der Waals surface area contributed by atoms with Crippen molar-refractivity contribution in [3.63, 3.8) is 0 Å². The molecule has 0 saturated carbocycles. The van der Waals surface area contributed by atoms with E-state index in [1.165, 1.54) is 11.3 Å². The first-order valence-corrected chi connectivity index (χ1v) is 10.0. The molecular weight excluding hydrogens is 366 g/mol. The molecule has 29 heavy (non-hydrogen) atoms. The maximum atomic E-state index is 12.4. The van der Waals surface area contributed by atoms with Gasteiger partial charge in [-0.15, -0.1) is 0 Å². The van der Waals surface area contributed by atoms with Crippen LogP contribution in [0.3, 0.4) is 0 Å². The van der Waals surface area contributed by atoms with Gasteiger partial charge in [-0.05, 0) is 61.9 Å². The number of rotatable bonds is 7. The molecule has 0 bridgehead atoms. The molecule has 1 saturated heterocycles. The second kappa shape index (κ2) is 9.65. The molecule has 1 aliphatic heterocycles. The van der Waals surface area contributed by atoms with Gasteiger partial charge in [0.25, 0.3) is 0 Å². The van der Waals surface area contributed by atoms with Crippen molar-refractivity contribution in [2.75, 3.05) is 57.7 Å². The van der Waals surface area contributed by atoms with Gasteiger partial charge in [0.05, 0.1) is 14.2 Å². The maximum absolute atomic E-state index is 12.4. The number of carbonyl (C=O) groups excluding carboxylic acids is 1. The van der Waals surface area contributed by atoms with Crippen LogP contribution in [0, 0.1) is 6.92 Å². The van der Waals surface area contributed by atoms with E-state index >= 15 is 0 Å². The lowest BCUT2D eigenvalue weighted by atomic mass is 10.1. The average Bonchev–Trinajstić information content (AvgIpc) is 2.73. The molecule has 6 nitrogen and oxygen atoms in total. The molecular formula is C23H31N3O3. The van der Waals surface area contributed by atoms with Crippen LogP contribution in [-0.4, -0.2) is 58.3 Å². The molecule has 0 aromatic heterocycles. The van der Waals surface area contributed by atoms with Crippen molar-refractivity contribution in [1.29, 1.82) is 0 Å². The zero-order valence-corrected chi connectivity index (χ0v) is 17.8. The number of hydrogen-bond acceptors (Lipinski definition) is 5. The van der Waals surface area contributed by atoms with Gasteiger partial charge >= 0.3 is 0 Å². The molecule has 2 aromatic carbocycles. The van der Waals surface area contributed by atoms with Gasteiger partial charge in [0.15, 0.2) is 0 Å². The van der Waals surface area contributed by atoms with Crippen LogP contribution in [-0.2, 0) is 11.2 Å². The molecule has 156 valence electrons. The van der Waals surface area contributed by atoms with Gasteiger partial charge in [-0.3, -0.25) is 4.79 Å². The fourth-order valence-electron chi connectivity index (χ4n) is 3.63. The van der Waals surface area contributed by atoms with Crippen LogP contribution in [0.1, 0.15) is 17.5 Å². The fourth-order valence-corrected chi connectivity index (χ4v) is 3.63. The molecule has 6 heteroatoms. The minimum atomic E-state index is -0.00136. The van der Waals surface area contributed by atoms with E-state index < -0.39 is 0 Å². The number of carbonyl (C=O) groups is 1. The SMILES string of the molecule is COc1cc(CCC(=O)Nc2ccc(N3CCN(C)CC3)c(C)c2)cc(OC)c1. The number of piperazine rings is 1. The Kier molecular flexibility index (Phi) is 6.99. The first-order chi connectivity index (χ1) is 14.0. The van der Waals surface area contributed by atoms with E-state index in [0.717, 1.165) is 48.9 Å². The number of amides is 1. The van der Waals surface area contributed by atoms with Gasteiger partial charge in [0.1, 0.15) is 11.5 Å². The summed E-state index contributed by atoms with van der Waals surface area (Å²) in [5.41, 5.74) is 4.29. The second-order valence-electron chi connectivity index (χ2n) is 7.56. The second-order valence-corrected chi connectivity index (χ2v) is 7.56. The van der Waals surface area contributed by atoms with Crippen LogP contribution in [0.5, 0.6) is 11.5 Å². The topological polar surface area (TPSA) is 54.0 Å². The average molecular weight is 398 g/mol. The minimum Gasteiger partial charge on any atom is -0.497 e. The standard InChI is InChI=1S/C23H31N3O3/c1-17-13-19(6-7-22(17)26-11-9-25(2)10-12-26)24-23(27)8-5-18-14-20(28-3)16-21(15-18)29-4/h6-7,13-16H,5,8-12H2,1-4H3,(H,24,27). The summed E-state index contributed by atoms with van der Waals surface area (Å²) in [7, 11) is 5.41. The Morgan fingerprint density at radius 2 is 1.66 bits per heavy atom. The van der Waals surface area contributed by atoms with Crippen molar-refractivity contribution in [3.05, 3.63) is 47.5 Å². The Bertz CT molecular complexity index is 823. The number of ether oxygens (including phenoxy) is 2. The quantitative estimate of drug-likeness (QED) is 0.777. The maximum Gasteiger partial charge on any atom is 0.224 e. The molecule has 1 heterocycles. The molecule has 1 N–H and O–H groups in total. The van der Waals surface area contributed by atoms with E-state index in [1.807, 2.05) is 24.3 Å². The Balaban J connectivity index is 1.57. The summed E-state index contributed by atoms with van der Waals surface area (Å²) < 4.78 is 10.6. The summed E-state index contributed by atoms with van der Waals surface area (Å²) in [4.78, 5) is 17.2. The van der Waals surface area contributed by atoms with E-state index in [-0.39, 0.29) is 5.91 Å². The van der Waals surface area contributed by atoms with Crippen molar-refractivity contribution in [1.82, 2.24) is 4.90 Å². The zero-order chi connectivity index (χ0) is 20.8. The molecule has 1 aliphatic rings. The van der Waals surface area contributed by atoms with Crippen molar-refractivity contribution < 1.29 is 14.3 Å². The highest BCUT2D eigenvalue weighted by molar-refractivity contribution is 5.91. The van der Waals surface area contributed by atoms with Crippen LogP contribution in [0.2, 0.25) is 0 Å². The molecule has 0 spiro atoms. The highest BCUT2D eigenvalue weighted by Crippen LogP contribution is 2.26. The number of nitrogens with zero attached hydrogens (tertiary/aromatic N) is 2. The number of likely N-dealkylation sites (N-methyl/N-ethyl adjacent to an activating group) is 1. The van der Waals surface area contributed by atoms with Gasteiger partial charge in [-0.2, -0.15) is 0 Å². The third-order valence-corrected chi connectivity index (χ3v) is 5.38. The van der Waals surface area contributed by atoms with Crippen LogP contribution in [0.4, 0.5) is 11.4 Å². The summed E-state index contributed by atoms with van der Waals surface area (Å²) >= 11 is 0. The van der Waals surface area contributed by atoms with Crippen LogP contribution in [0.15, 0.2) is 36.4 Å².